The first-order valence-corrected chi connectivity index (χ1v) is 30.3. The van der Waals surface area contributed by atoms with E-state index >= 15 is 0 Å². The lowest BCUT2D eigenvalue weighted by Crippen LogP contribution is -2.38. The minimum absolute atomic E-state index is 0.0330. The van der Waals surface area contributed by atoms with Crippen molar-refractivity contribution in [2.45, 2.75) is 196 Å². The SMILES string of the molecule is Cc1ccc(CCC(=O)OCC(C)(C/C=C\C(=O)CCC2CCC(C)CC2)COC(=O)CCN(CCC(=O)OCC(C)(COC(=O)CCC2CCC(C)CC2)COC(=O)CCC2CCC(C)CC2)C(=O)OCCCN(C)C)cc1. The van der Waals surface area contributed by atoms with E-state index < -0.39 is 28.9 Å². The average molecular weight is 1110 g/mol. The maximum absolute atomic E-state index is 13.5. The summed E-state index contributed by atoms with van der Waals surface area (Å²) in [4.78, 5) is 95.8. The number of carbonyl (C=O) groups is 7. The fraction of sp³-hybridized carbons (Fsp3) is 0.766. The summed E-state index contributed by atoms with van der Waals surface area (Å²) in [6.07, 6.45) is 20.9. The smallest absolute Gasteiger partial charge is 0.409 e. The molecule has 4 rings (SSSR count). The summed E-state index contributed by atoms with van der Waals surface area (Å²) in [6.45, 7) is 12.3. The minimum Gasteiger partial charge on any atom is -0.465 e. The number of ether oxygens (including phenoxy) is 6. The second-order valence-electron chi connectivity index (χ2n) is 25.2. The molecule has 0 N–H and O–H groups in total. The molecule has 0 bridgehead atoms. The van der Waals surface area contributed by atoms with E-state index in [2.05, 4.69) is 20.8 Å². The van der Waals surface area contributed by atoms with Gasteiger partial charge >= 0.3 is 35.9 Å². The molecule has 0 heterocycles. The van der Waals surface area contributed by atoms with Crippen LogP contribution < -0.4 is 0 Å². The van der Waals surface area contributed by atoms with E-state index in [1.807, 2.05) is 57.1 Å². The molecule has 15 nitrogen and oxygen atoms in total. The zero-order chi connectivity index (χ0) is 57.6. The summed E-state index contributed by atoms with van der Waals surface area (Å²) >= 11 is 0. The minimum atomic E-state index is -1.04. The molecule has 0 saturated heterocycles. The molecule has 3 aliphatic rings. The molecule has 3 fully saturated rings. The van der Waals surface area contributed by atoms with Crippen molar-refractivity contribution >= 4 is 41.7 Å². The molecule has 0 spiro atoms. The highest BCUT2D eigenvalue weighted by atomic mass is 16.6. The van der Waals surface area contributed by atoms with Crippen LogP contribution in [0.2, 0.25) is 0 Å². The number of aryl methyl sites for hydroxylation is 2. The Morgan fingerprint density at radius 2 is 0.899 bits per heavy atom. The fourth-order valence-corrected chi connectivity index (χ4v) is 10.7. The molecule has 0 aromatic heterocycles. The van der Waals surface area contributed by atoms with E-state index in [4.69, 9.17) is 28.4 Å². The molecular weight excluding hydrogens is 1000 g/mol. The number of rotatable bonds is 35. The van der Waals surface area contributed by atoms with Crippen LogP contribution in [-0.4, -0.2) is 125 Å². The van der Waals surface area contributed by atoms with Gasteiger partial charge in [-0.3, -0.25) is 28.8 Å². The summed E-state index contributed by atoms with van der Waals surface area (Å²) < 4.78 is 34.5. The number of ketones is 1. The molecule has 0 radical (unpaired) electrons. The van der Waals surface area contributed by atoms with E-state index in [-0.39, 0.29) is 109 Å². The summed E-state index contributed by atoms with van der Waals surface area (Å²) in [5.41, 5.74) is 0.239. The van der Waals surface area contributed by atoms with Crippen molar-refractivity contribution in [2.75, 3.05) is 73.4 Å². The lowest BCUT2D eigenvalue weighted by Gasteiger charge is -2.29. The predicted octanol–water partition coefficient (Wildman–Crippen LogP) is 12.2. The highest BCUT2D eigenvalue weighted by molar-refractivity contribution is 5.89. The summed E-state index contributed by atoms with van der Waals surface area (Å²) in [5.74, 6) is 1.40. The first-order chi connectivity index (χ1) is 37.7. The van der Waals surface area contributed by atoms with Crippen molar-refractivity contribution in [3.05, 3.63) is 47.5 Å². The molecule has 0 aliphatic heterocycles. The predicted molar refractivity (Wildman–Crippen MR) is 306 cm³/mol. The van der Waals surface area contributed by atoms with Crippen LogP contribution in [0.4, 0.5) is 4.79 Å². The molecule has 3 aliphatic carbocycles. The molecule has 15 heteroatoms. The van der Waals surface area contributed by atoms with Crippen LogP contribution in [-0.2, 0) is 63.6 Å². The molecule has 1 atom stereocenters. The Morgan fingerprint density at radius 1 is 0.506 bits per heavy atom. The molecule has 3 saturated carbocycles. The third kappa shape index (κ3) is 29.0. The summed E-state index contributed by atoms with van der Waals surface area (Å²) in [7, 11) is 3.83. The van der Waals surface area contributed by atoms with Crippen LogP contribution in [0.15, 0.2) is 36.4 Å². The van der Waals surface area contributed by atoms with E-state index in [0.29, 0.717) is 61.8 Å². The lowest BCUT2D eigenvalue weighted by atomic mass is 9.80. The highest BCUT2D eigenvalue weighted by Gasteiger charge is 2.33. The number of nitrogens with zero attached hydrogens (tertiary/aromatic N) is 2. The van der Waals surface area contributed by atoms with Gasteiger partial charge in [-0.05, 0) is 114 Å². The quantitative estimate of drug-likeness (QED) is 0.0271. The third-order valence-corrected chi connectivity index (χ3v) is 16.7. The largest absolute Gasteiger partial charge is 0.465 e. The molecule has 79 heavy (non-hydrogen) atoms. The van der Waals surface area contributed by atoms with Gasteiger partial charge < -0.3 is 38.2 Å². The lowest BCUT2D eigenvalue weighted by molar-refractivity contribution is -0.161. The van der Waals surface area contributed by atoms with Gasteiger partial charge in [-0.1, -0.05) is 141 Å². The number of carbonyl (C=O) groups excluding carboxylic acids is 7. The van der Waals surface area contributed by atoms with Crippen molar-refractivity contribution in [1.82, 2.24) is 9.80 Å². The van der Waals surface area contributed by atoms with Crippen LogP contribution >= 0.6 is 0 Å². The normalized spacial score (nSPS) is 22.0. The van der Waals surface area contributed by atoms with Gasteiger partial charge in [0.05, 0.1) is 24.9 Å². The maximum atomic E-state index is 13.5. The van der Waals surface area contributed by atoms with Crippen molar-refractivity contribution in [3.8, 4) is 0 Å². The molecule has 446 valence electrons. The Hall–Kier alpha value is -4.79. The van der Waals surface area contributed by atoms with Gasteiger partial charge in [0.25, 0.3) is 0 Å². The maximum Gasteiger partial charge on any atom is 0.409 e. The number of hydrogen-bond donors (Lipinski definition) is 0. The Kier molecular flexibility index (Phi) is 30.3. The first kappa shape index (κ1) is 66.7. The Bertz CT molecular complexity index is 1990. The van der Waals surface area contributed by atoms with Crippen molar-refractivity contribution < 1.29 is 62.0 Å². The standard InChI is InChI=1S/C64H102N2O13/c1-48-12-20-52(21-13-48)28-32-56(67)11-9-38-63(5,43-75-57(68)33-29-53-22-14-49(2)15-23-53)44-76-60(71)36-40-66(62(73)74-42-10-39-65(7)8)41-37-61(72)79-47-64(6,45-77-58(69)34-30-54-24-16-50(3)17-25-54)46-78-59(70)35-31-55-26-18-51(4)19-27-55/h9,11,14-15,22-23,48,50-52,54-55H,10,12-13,16-21,24-47H2,1-8H3/b11-9-. The van der Waals surface area contributed by atoms with Gasteiger partial charge in [-0.2, -0.15) is 0 Å². The monoisotopic (exact) mass is 1110 g/mol. The number of benzene rings is 1. The second-order valence-corrected chi connectivity index (χ2v) is 25.2. The first-order valence-electron chi connectivity index (χ1n) is 30.3. The van der Waals surface area contributed by atoms with Crippen molar-refractivity contribution in [2.24, 2.45) is 46.3 Å². The Balaban J connectivity index is 1.35. The number of amides is 1. The molecule has 1 aromatic carbocycles. The average Bonchev–Trinajstić information content (AvgIpc) is 3.43. The van der Waals surface area contributed by atoms with E-state index in [9.17, 15) is 33.6 Å². The van der Waals surface area contributed by atoms with Crippen LogP contribution in [0.3, 0.4) is 0 Å². The van der Waals surface area contributed by atoms with Crippen LogP contribution in [0.1, 0.15) is 193 Å². The number of hydrogen-bond acceptors (Lipinski definition) is 14. The van der Waals surface area contributed by atoms with Gasteiger partial charge in [0, 0.05) is 50.7 Å². The van der Waals surface area contributed by atoms with Crippen LogP contribution in [0.25, 0.3) is 0 Å². The van der Waals surface area contributed by atoms with Gasteiger partial charge in [-0.15, -0.1) is 0 Å². The van der Waals surface area contributed by atoms with Crippen LogP contribution in [0.5, 0.6) is 0 Å². The third-order valence-electron chi connectivity index (χ3n) is 16.7. The molecule has 1 unspecified atom stereocenters. The summed E-state index contributed by atoms with van der Waals surface area (Å²) in [5, 5.41) is 0. The number of allylic oxidation sites excluding steroid dienone is 2. The van der Waals surface area contributed by atoms with Crippen LogP contribution in [0, 0.1) is 53.3 Å². The zero-order valence-corrected chi connectivity index (χ0v) is 50.0. The number of esters is 5. The van der Waals surface area contributed by atoms with E-state index in [1.54, 1.807) is 19.1 Å². The van der Waals surface area contributed by atoms with Gasteiger partial charge in [0.15, 0.2) is 5.78 Å². The zero-order valence-electron chi connectivity index (χ0n) is 50.0. The molecule has 1 aromatic rings. The van der Waals surface area contributed by atoms with Crippen molar-refractivity contribution in [1.29, 1.82) is 0 Å². The highest BCUT2D eigenvalue weighted by Crippen LogP contribution is 2.34. The summed E-state index contributed by atoms with van der Waals surface area (Å²) in [6, 6.07) is 7.97. The topological polar surface area (TPSA) is 181 Å². The van der Waals surface area contributed by atoms with Gasteiger partial charge in [0.1, 0.15) is 33.0 Å². The van der Waals surface area contributed by atoms with Gasteiger partial charge in [-0.25, -0.2) is 4.79 Å². The molecular formula is C64H102N2O13. The Morgan fingerprint density at radius 3 is 1.33 bits per heavy atom. The molecule has 1 amide bonds. The van der Waals surface area contributed by atoms with E-state index in [1.165, 1.54) is 17.7 Å². The Labute approximate surface area is 474 Å². The van der Waals surface area contributed by atoms with E-state index in [0.717, 1.165) is 101 Å². The van der Waals surface area contributed by atoms with Crippen molar-refractivity contribution in [3.63, 3.8) is 0 Å². The van der Waals surface area contributed by atoms with Gasteiger partial charge in [0.2, 0.25) is 0 Å². The second kappa shape index (κ2) is 35.8. The fourth-order valence-electron chi connectivity index (χ4n) is 10.7.